The van der Waals surface area contributed by atoms with Crippen LogP contribution in [0, 0.1) is 13.8 Å². The van der Waals surface area contributed by atoms with Crippen LogP contribution in [0.3, 0.4) is 0 Å². The molecule has 0 aliphatic rings. The topological polar surface area (TPSA) is 49.8 Å². The van der Waals surface area contributed by atoms with E-state index < -0.39 is 0 Å². The van der Waals surface area contributed by atoms with E-state index in [0.29, 0.717) is 0 Å². The summed E-state index contributed by atoms with van der Waals surface area (Å²) in [5, 5.41) is 6.39. The van der Waals surface area contributed by atoms with Gasteiger partial charge >= 0.3 is 0 Å². The number of nitrogens with one attached hydrogen (secondary N) is 2. The Morgan fingerprint density at radius 1 is 0.857 bits per heavy atom. The molecule has 0 aliphatic carbocycles. The molecule has 0 bridgehead atoms. The summed E-state index contributed by atoms with van der Waals surface area (Å²) in [6.45, 7) is 9.75. The maximum Gasteiger partial charge on any atom is 0.169 e. The predicted molar refractivity (Wildman–Crippen MR) is 59.8 cm³/mol. The van der Waals surface area contributed by atoms with Crippen LogP contribution in [-0.2, 0) is 0 Å². The van der Waals surface area contributed by atoms with E-state index in [2.05, 4.69) is 20.6 Å². The van der Waals surface area contributed by atoms with E-state index in [0.717, 1.165) is 36.1 Å². The minimum Gasteiger partial charge on any atom is -0.367 e. The summed E-state index contributed by atoms with van der Waals surface area (Å²) in [4.78, 5) is 8.89. The Morgan fingerprint density at radius 2 is 1.21 bits per heavy atom. The molecule has 1 rings (SSSR count). The molecule has 0 amide bonds. The van der Waals surface area contributed by atoms with Crippen molar-refractivity contribution >= 4 is 11.6 Å². The quantitative estimate of drug-likeness (QED) is 0.769. The van der Waals surface area contributed by atoms with Crippen LogP contribution in [0.5, 0.6) is 0 Å². The Labute approximate surface area is 85.2 Å². The Bertz CT molecular complexity index is 278. The molecule has 2 N–H and O–H groups in total. The average molecular weight is 194 g/mol. The molecule has 0 atom stereocenters. The van der Waals surface area contributed by atoms with Gasteiger partial charge in [0.2, 0.25) is 0 Å². The molecule has 0 spiro atoms. The van der Waals surface area contributed by atoms with Gasteiger partial charge in [-0.25, -0.2) is 9.97 Å². The van der Waals surface area contributed by atoms with Crippen LogP contribution in [0.25, 0.3) is 0 Å². The standard InChI is InChI=1S/C10H18N4/c1-5-11-9-10(12-6-2)14-8(4)7(3)13-9/h5-6H2,1-4H3,(H,11,13)(H,12,14). The van der Waals surface area contributed by atoms with Crippen LogP contribution in [0.15, 0.2) is 0 Å². The van der Waals surface area contributed by atoms with E-state index in [4.69, 9.17) is 0 Å². The van der Waals surface area contributed by atoms with Crippen molar-refractivity contribution in [1.82, 2.24) is 9.97 Å². The van der Waals surface area contributed by atoms with Gasteiger partial charge in [-0.1, -0.05) is 0 Å². The van der Waals surface area contributed by atoms with Crippen LogP contribution in [0.4, 0.5) is 11.6 Å². The molecule has 4 nitrogen and oxygen atoms in total. The summed E-state index contributed by atoms with van der Waals surface area (Å²) >= 11 is 0. The highest BCUT2D eigenvalue weighted by atomic mass is 15.1. The Morgan fingerprint density at radius 3 is 1.50 bits per heavy atom. The predicted octanol–water partition coefficient (Wildman–Crippen LogP) is 1.96. The molecule has 1 aromatic rings. The summed E-state index contributed by atoms with van der Waals surface area (Å²) < 4.78 is 0. The smallest absolute Gasteiger partial charge is 0.169 e. The largest absolute Gasteiger partial charge is 0.367 e. The lowest BCUT2D eigenvalue weighted by Crippen LogP contribution is -2.10. The zero-order chi connectivity index (χ0) is 10.6. The molecule has 14 heavy (non-hydrogen) atoms. The molecule has 1 aromatic heterocycles. The fourth-order valence-corrected chi connectivity index (χ4v) is 1.18. The monoisotopic (exact) mass is 194 g/mol. The van der Waals surface area contributed by atoms with Crippen molar-refractivity contribution in [2.75, 3.05) is 23.7 Å². The van der Waals surface area contributed by atoms with Crippen LogP contribution in [0.2, 0.25) is 0 Å². The summed E-state index contributed by atoms with van der Waals surface area (Å²) in [5.41, 5.74) is 1.95. The van der Waals surface area contributed by atoms with Crippen molar-refractivity contribution in [3.05, 3.63) is 11.4 Å². The molecule has 0 saturated heterocycles. The van der Waals surface area contributed by atoms with Crippen molar-refractivity contribution in [3.8, 4) is 0 Å². The van der Waals surface area contributed by atoms with Crippen molar-refractivity contribution in [1.29, 1.82) is 0 Å². The molecule has 0 saturated carbocycles. The minimum atomic E-state index is 0.845. The molecular weight excluding hydrogens is 176 g/mol. The minimum absolute atomic E-state index is 0.845. The van der Waals surface area contributed by atoms with Crippen LogP contribution < -0.4 is 10.6 Å². The van der Waals surface area contributed by atoms with Gasteiger partial charge in [-0.3, -0.25) is 0 Å². The number of aromatic nitrogens is 2. The van der Waals surface area contributed by atoms with Gasteiger partial charge < -0.3 is 10.6 Å². The zero-order valence-electron chi connectivity index (χ0n) is 9.31. The zero-order valence-corrected chi connectivity index (χ0v) is 9.31. The molecule has 0 unspecified atom stereocenters. The second-order valence-corrected chi connectivity index (χ2v) is 3.15. The molecule has 1 heterocycles. The highest BCUT2D eigenvalue weighted by Crippen LogP contribution is 2.17. The Balaban J connectivity index is 3.03. The summed E-state index contributed by atoms with van der Waals surface area (Å²) in [6.07, 6.45) is 0. The van der Waals surface area contributed by atoms with Gasteiger partial charge in [-0.15, -0.1) is 0 Å². The highest BCUT2D eigenvalue weighted by molar-refractivity contribution is 5.59. The molecule has 78 valence electrons. The van der Waals surface area contributed by atoms with E-state index in [1.807, 2.05) is 27.7 Å². The van der Waals surface area contributed by atoms with Gasteiger partial charge in [0.1, 0.15) is 0 Å². The molecule has 4 heteroatoms. The molecular formula is C10H18N4. The third kappa shape index (κ3) is 2.34. The van der Waals surface area contributed by atoms with Gasteiger partial charge in [-0.05, 0) is 27.7 Å². The lowest BCUT2D eigenvalue weighted by molar-refractivity contribution is 1.01. The van der Waals surface area contributed by atoms with Gasteiger partial charge in [0, 0.05) is 13.1 Å². The number of hydrogen-bond acceptors (Lipinski definition) is 4. The molecule has 0 fully saturated rings. The first-order chi connectivity index (χ1) is 6.69. The summed E-state index contributed by atoms with van der Waals surface area (Å²) in [5.74, 6) is 1.69. The van der Waals surface area contributed by atoms with E-state index in [9.17, 15) is 0 Å². The molecule has 0 radical (unpaired) electrons. The third-order valence-electron chi connectivity index (χ3n) is 2.00. The lowest BCUT2D eigenvalue weighted by atomic mass is 10.3. The maximum atomic E-state index is 4.44. The van der Waals surface area contributed by atoms with E-state index in [-0.39, 0.29) is 0 Å². The first-order valence-electron chi connectivity index (χ1n) is 5.02. The first kappa shape index (κ1) is 10.8. The first-order valence-corrected chi connectivity index (χ1v) is 5.02. The van der Waals surface area contributed by atoms with Gasteiger partial charge in [-0.2, -0.15) is 0 Å². The Kier molecular flexibility index (Phi) is 3.68. The van der Waals surface area contributed by atoms with Crippen molar-refractivity contribution in [2.24, 2.45) is 0 Å². The average Bonchev–Trinajstić information content (AvgIpc) is 2.14. The van der Waals surface area contributed by atoms with Crippen LogP contribution >= 0.6 is 0 Å². The SMILES string of the molecule is CCNc1nc(C)c(C)nc1NCC. The fourth-order valence-electron chi connectivity index (χ4n) is 1.18. The van der Waals surface area contributed by atoms with Crippen molar-refractivity contribution in [3.63, 3.8) is 0 Å². The third-order valence-corrected chi connectivity index (χ3v) is 2.00. The lowest BCUT2D eigenvalue weighted by Gasteiger charge is -2.11. The second-order valence-electron chi connectivity index (χ2n) is 3.15. The normalized spacial score (nSPS) is 10.0. The van der Waals surface area contributed by atoms with Crippen molar-refractivity contribution in [2.45, 2.75) is 27.7 Å². The number of hydrogen-bond donors (Lipinski definition) is 2. The fraction of sp³-hybridized carbons (Fsp3) is 0.600. The highest BCUT2D eigenvalue weighted by Gasteiger charge is 2.06. The van der Waals surface area contributed by atoms with E-state index >= 15 is 0 Å². The van der Waals surface area contributed by atoms with Crippen molar-refractivity contribution < 1.29 is 0 Å². The van der Waals surface area contributed by atoms with Gasteiger partial charge in [0.15, 0.2) is 11.6 Å². The number of nitrogens with zero attached hydrogens (tertiary/aromatic N) is 2. The number of anilines is 2. The molecule has 0 aromatic carbocycles. The van der Waals surface area contributed by atoms with Crippen LogP contribution in [0.1, 0.15) is 25.2 Å². The summed E-state index contributed by atoms with van der Waals surface area (Å²) in [7, 11) is 0. The summed E-state index contributed by atoms with van der Waals surface area (Å²) in [6, 6.07) is 0. The van der Waals surface area contributed by atoms with Gasteiger partial charge in [0.25, 0.3) is 0 Å². The van der Waals surface area contributed by atoms with Crippen LogP contribution in [-0.4, -0.2) is 23.1 Å². The second kappa shape index (κ2) is 4.79. The molecule has 0 aliphatic heterocycles. The maximum absolute atomic E-state index is 4.44. The van der Waals surface area contributed by atoms with E-state index in [1.165, 1.54) is 0 Å². The van der Waals surface area contributed by atoms with Gasteiger partial charge in [0.05, 0.1) is 11.4 Å². The number of aryl methyl sites for hydroxylation is 2. The van der Waals surface area contributed by atoms with E-state index in [1.54, 1.807) is 0 Å². The Hall–Kier alpha value is -1.32. The number of rotatable bonds is 4.